The second-order valence-electron chi connectivity index (χ2n) is 7.38. The van der Waals surface area contributed by atoms with Crippen molar-refractivity contribution < 1.29 is 22.8 Å². The van der Waals surface area contributed by atoms with E-state index < -0.39 is 11.7 Å². The van der Waals surface area contributed by atoms with Gasteiger partial charge in [-0.1, -0.05) is 18.2 Å². The van der Waals surface area contributed by atoms with Crippen LogP contribution in [0.4, 0.5) is 13.2 Å². The average Bonchev–Trinajstić information content (AvgIpc) is 3.04. The maximum atomic E-state index is 12.9. The summed E-state index contributed by atoms with van der Waals surface area (Å²) in [5, 5.41) is 0. The Hall–Kier alpha value is -2.05. The van der Waals surface area contributed by atoms with Crippen molar-refractivity contribution >= 4 is 11.8 Å². The first-order valence-corrected chi connectivity index (χ1v) is 9.58. The normalized spacial score (nSPS) is 21.0. The number of rotatable bonds is 5. The van der Waals surface area contributed by atoms with Gasteiger partial charge in [0, 0.05) is 32.1 Å². The third-order valence-corrected chi connectivity index (χ3v) is 5.46. The van der Waals surface area contributed by atoms with Gasteiger partial charge in [-0.25, -0.2) is 0 Å². The maximum Gasteiger partial charge on any atom is 0.416 e. The van der Waals surface area contributed by atoms with E-state index in [0.29, 0.717) is 25.1 Å². The van der Waals surface area contributed by atoms with E-state index in [1.54, 1.807) is 6.07 Å². The van der Waals surface area contributed by atoms with Crippen LogP contribution in [0.1, 0.15) is 49.7 Å². The second-order valence-corrected chi connectivity index (χ2v) is 7.38. The van der Waals surface area contributed by atoms with Crippen molar-refractivity contribution in [3.05, 3.63) is 35.4 Å². The molecular formula is C20H25F3N2O2. The Balaban J connectivity index is 1.62. The first kappa shape index (κ1) is 19.7. The Kier molecular flexibility index (Phi) is 6.07. The lowest BCUT2D eigenvalue weighted by molar-refractivity contribution is -0.138. The van der Waals surface area contributed by atoms with Gasteiger partial charge < -0.3 is 9.80 Å². The molecule has 0 spiro atoms. The molecular weight excluding hydrogens is 357 g/mol. The molecule has 4 nitrogen and oxygen atoms in total. The van der Waals surface area contributed by atoms with Crippen LogP contribution in [0.3, 0.4) is 0 Å². The minimum absolute atomic E-state index is 0.0247. The predicted molar refractivity (Wildman–Crippen MR) is 94.9 cm³/mol. The molecule has 0 aromatic heterocycles. The van der Waals surface area contributed by atoms with Crippen LogP contribution in [0.2, 0.25) is 0 Å². The number of hydrogen-bond donors (Lipinski definition) is 0. The molecule has 2 aliphatic rings. The number of carbonyl (C=O) groups is 2. The third-order valence-electron chi connectivity index (χ3n) is 5.46. The average molecular weight is 382 g/mol. The lowest BCUT2D eigenvalue weighted by Crippen LogP contribution is -2.46. The minimum Gasteiger partial charge on any atom is -0.343 e. The number of hydrogen-bond acceptors (Lipinski definition) is 2. The van der Waals surface area contributed by atoms with Crippen LogP contribution in [-0.2, 0) is 22.2 Å². The van der Waals surface area contributed by atoms with Crippen molar-refractivity contribution in [2.24, 2.45) is 0 Å². The van der Waals surface area contributed by atoms with E-state index in [0.717, 1.165) is 50.8 Å². The molecule has 2 saturated heterocycles. The Bertz CT molecular complexity index is 690. The van der Waals surface area contributed by atoms with Crippen LogP contribution in [-0.4, -0.2) is 47.3 Å². The number of nitrogens with zero attached hydrogens (tertiary/aromatic N) is 2. The third kappa shape index (κ3) is 5.02. The summed E-state index contributed by atoms with van der Waals surface area (Å²) < 4.78 is 38.6. The van der Waals surface area contributed by atoms with Gasteiger partial charge in [0.2, 0.25) is 11.8 Å². The maximum absolute atomic E-state index is 12.9. The van der Waals surface area contributed by atoms with Crippen LogP contribution in [0.15, 0.2) is 24.3 Å². The highest BCUT2D eigenvalue weighted by Crippen LogP contribution is 2.30. The molecule has 2 heterocycles. The standard InChI is InChI=1S/C20H25F3N2O2/c21-20(22,23)16-6-3-5-15(13-16)14-19(27)25-11-2-1-7-17(25)9-12-24-10-4-8-18(24)26/h3,5-6,13,17H,1-2,4,7-12,14H2. The first-order chi connectivity index (χ1) is 12.8. The molecule has 1 aromatic rings. The Morgan fingerprint density at radius 2 is 1.96 bits per heavy atom. The molecule has 0 bridgehead atoms. The smallest absolute Gasteiger partial charge is 0.343 e. The molecule has 0 N–H and O–H groups in total. The molecule has 1 unspecified atom stereocenters. The van der Waals surface area contributed by atoms with E-state index >= 15 is 0 Å². The van der Waals surface area contributed by atoms with Crippen molar-refractivity contribution in [2.45, 2.75) is 57.2 Å². The van der Waals surface area contributed by atoms with Crippen LogP contribution >= 0.6 is 0 Å². The highest BCUT2D eigenvalue weighted by Gasteiger charge is 2.31. The molecule has 7 heteroatoms. The zero-order chi connectivity index (χ0) is 19.4. The van der Waals surface area contributed by atoms with Crippen LogP contribution in [0.25, 0.3) is 0 Å². The molecule has 148 valence electrons. The molecule has 0 radical (unpaired) electrons. The van der Waals surface area contributed by atoms with Crippen molar-refractivity contribution in [3.8, 4) is 0 Å². The topological polar surface area (TPSA) is 40.6 Å². The molecule has 2 amide bonds. The number of benzene rings is 1. The van der Waals surface area contributed by atoms with E-state index in [1.807, 2.05) is 9.80 Å². The summed E-state index contributed by atoms with van der Waals surface area (Å²) in [5.41, 5.74) is -0.343. The quantitative estimate of drug-likeness (QED) is 0.780. The highest BCUT2D eigenvalue weighted by atomic mass is 19.4. The van der Waals surface area contributed by atoms with Crippen LogP contribution in [0.5, 0.6) is 0 Å². The minimum atomic E-state index is -4.41. The van der Waals surface area contributed by atoms with Gasteiger partial charge in [-0.05, 0) is 43.7 Å². The number of halogens is 3. The SMILES string of the molecule is O=C1CCCN1CCC1CCCCN1C(=O)Cc1cccc(C(F)(F)F)c1. The number of amides is 2. The van der Waals surface area contributed by atoms with Crippen LogP contribution in [0, 0.1) is 0 Å². The fourth-order valence-electron chi connectivity index (χ4n) is 4.01. The van der Waals surface area contributed by atoms with Crippen molar-refractivity contribution in [3.63, 3.8) is 0 Å². The van der Waals surface area contributed by atoms with Crippen molar-refractivity contribution in [1.82, 2.24) is 9.80 Å². The lowest BCUT2D eigenvalue weighted by Gasteiger charge is -2.37. The largest absolute Gasteiger partial charge is 0.416 e. The molecule has 27 heavy (non-hydrogen) atoms. The summed E-state index contributed by atoms with van der Waals surface area (Å²) in [6.45, 7) is 2.07. The highest BCUT2D eigenvalue weighted by molar-refractivity contribution is 5.79. The Morgan fingerprint density at radius 3 is 2.67 bits per heavy atom. The van der Waals surface area contributed by atoms with Gasteiger partial charge in [0.25, 0.3) is 0 Å². The number of carbonyl (C=O) groups excluding carboxylic acids is 2. The van der Waals surface area contributed by atoms with Gasteiger partial charge in [0.15, 0.2) is 0 Å². The van der Waals surface area contributed by atoms with E-state index in [1.165, 1.54) is 6.07 Å². The van der Waals surface area contributed by atoms with Crippen molar-refractivity contribution in [1.29, 1.82) is 0 Å². The van der Waals surface area contributed by atoms with E-state index in [2.05, 4.69) is 0 Å². The zero-order valence-electron chi connectivity index (χ0n) is 15.3. The summed E-state index contributed by atoms with van der Waals surface area (Å²) in [6.07, 6.45) is 0.623. The second kappa shape index (κ2) is 8.31. The van der Waals surface area contributed by atoms with Gasteiger partial charge in [-0.2, -0.15) is 13.2 Å². The van der Waals surface area contributed by atoms with Crippen molar-refractivity contribution in [2.75, 3.05) is 19.6 Å². The summed E-state index contributed by atoms with van der Waals surface area (Å²) in [5.74, 6) is 0.0411. The summed E-state index contributed by atoms with van der Waals surface area (Å²) in [6, 6.07) is 5.04. The monoisotopic (exact) mass is 382 g/mol. The fourth-order valence-corrected chi connectivity index (χ4v) is 4.01. The summed E-state index contributed by atoms with van der Waals surface area (Å²) >= 11 is 0. The molecule has 2 fully saturated rings. The number of likely N-dealkylation sites (tertiary alicyclic amines) is 2. The molecule has 1 atom stereocenters. The predicted octanol–water partition coefficient (Wildman–Crippen LogP) is 3.64. The van der Waals surface area contributed by atoms with Crippen LogP contribution < -0.4 is 0 Å². The first-order valence-electron chi connectivity index (χ1n) is 9.58. The lowest BCUT2D eigenvalue weighted by atomic mass is 9.97. The summed E-state index contributed by atoms with van der Waals surface area (Å²) in [7, 11) is 0. The zero-order valence-corrected chi connectivity index (χ0v) is 15.3. The molecule has 1 aromatic carbocycles. The Labute approximate surface area is 157 Å². The van der Waals surface area contributed by atoms with E-state index in [4.69, 9.17) is 0 Å². The molecule has 2 aliphatic heterocycles. The van der Waals surface area contributed by atoms with E-state index in [9.17, 15) is 22.8 Å². The summed E-state index contributed by atoms with van der Waals surface area (Å²) in [4.78, 5) is 28.2. The van der Waals surface area contributed by atoms with Gasteiger partial charge in [0.1, 0.15) is 0 Å². The van der Waals surface area contributed by atoms with Gasteiger partial charge in [-0.15, -0.1) is 0 Å². The molecule has 0 saturated carbocycles. The number of piperidine rings is 1. The fraction of sp³-hybridized carbons (Fsp3) is 0.600. The Morgan fingerprint density at radius 1 is 1.15 bits per heavy atom. The van der Waals surface area contributed by atoms with E-state index in [-0.39, 0.29) is 24.3 Å². The number of alkyl halides is 3. The van der Waals surface area contributed by atoms with Gasteiger partial charge in [0.05, 0.1) is 12.0 Å². The molecule has 3 rings (SSSR count). The van der Waals surface area contributed by atoms with Gasteiger partial charge >= 0.3 is 6.18 Å². The molecule has 0 aliphatic carbocycles. The van der Waals surface area contributed by atoms with Gasteiger partial charge in [-0.3, -0.25) is 9.59 Å².